The fourth-order valence-corrected chi connectivity index (χ4v) is 2.32. The molecule has 1 aromatic rings. The molecule has 1 aliphatic rings. The van der Waals surface area contributed by atoms with Crippen molar-refractivity contribution in [2.45, 2.75) is 31.8 Å². The Bertz CT molecular complexity index is 398. The van der Waals surface area contributed by atoms with Crippen LogP contribution in [0, 0.1) is 0 Å². The van der Waals surface area contributed by atoms with Crippen LogP contribution in [-0.2, 0) is 28.8 Å². The van der Waals surface area contributed by atoms with Crippen molar-refractivity contribution in [3.63, 3.8) is 0 Å². The molecule has 0 spiro atoms. The van der Waals surface area contributed by atoms with Gasteiger partial charge in [0.25, 0.3) is 0 Å². The van der Waals surface area contributed by atoms with Gasteiger partial charge < -0.3 is 9.84 Å². The predicted molar refractivity (Wildman–Crippen MR) is 60.2 cm³/mol. The van der Waals surface area contributed by atoms with Gasteiger partial charge >= 0.3 is 5.97 Å². The molecular weight excluding hydrogens is 204 g/mol. The second-order valence-corrected chi connectivity index (χ2v) is 4.15. The molecule has 16 heavy (non-hydrogen) atoms. The molecule has 0 fully saturated rings. The Morgan fingerprint density at radius 2 is 2.31 bits per heavy atom. The summed E-state index contributed by atoms with van der Waals surface area (Å²) < 4.78 is 4.51. The number of aryl methyl sites for hydroxylation is 1. The zero-order chi connectivity index (χ0) is 11.5. The highest BCUT2D eigenvalue weighted by atomic mass is 16.5. The summed E-state index contributed by atoms with van der Waals surface area (Å²) in [5.41, 5.74) is 3.74. The zero-order valence-corrected chi connectivity index (χ0v) is 9.40. The summed E-state index contributed by atoms with van der Waals surface area (Å²) in [6.45, 7) is 0. The lowest BCUT2D eigenvalue weighted by atomic mass is 9.98. The lowest BCUT2D eigenvalue weighted by Crippen LogP contribution is -2.24. The lowest BCUT2D eigenvalue weighted by molar-refractivity contribution is -0.150. The number of carbonyl (C=O) groups is 1. The molecule has 1 atom stereocenters. The number of aliphatic hydroxyl groups is 1. The first-order valence-electron chi connectivity index (χ1n) is 5.58. The van der Waals surface area contributed by atoms with Gasteiger partial charge in [0.2, 0.25) is 0 Å². The van der Waals surface area contributed by atoms with E-state index in [-0.39, 0.29) is 0 Å². The van der Waals surface area contributed by atoms with Crippen LogP contribution in [0.1, 0.15) is 23.1 Å². The number of aliphatic hydroxyl groups excluding tert-OH is 1. The van der Waals surface area contributed by atoms with E-state index in [4.69, 9.17) is 0 Å². The molecule has 0 radical (unpaired) electrons. The van der Waals surface area contributed by atoms with E-state index in [1.165, 1.54) is 24.7 Å². The largest absolute Gasteiger partial charge is 0.467 e. The Morgan fingerprint density at radius 1 is 1.50 bits per heavy atom. The van der Waals surface area contributed by atoms with Crippen LogP contribution in [0.3, 0.4) is 0 Å². The molecule has 0 aliphatic heterocycles. The minimum Gasteiger partial charge on any atom is -0.467 e. The van der Waals surface area contributed by atoms with Gasteiger partial charge in [-0.05, 0) is 36.0 Å². The lowest BCUT2D eigenvalue weighted by Gasteiger charge is -2.11. The van der Waals surface area contributed by atoms with Crippen molar-refractivity contribution in [2.24, 2.45) is 0 Å². The van der Waals surface area contributed by atoms with E-state index in [2.05, 4.69) is 10.8 Å². The molecule has 0 amide bonds. The van der Waals surface area contributed by atoms with Crippen LogP contribution in [0.15, 0.2) is 18.2 Å². The highest BCUT2D eigenvalue weighted by Gasteiger charge is 2.20. The quantitative estimate of drug-likeness (QED) is 0.780. The Labute approximate surface area is 95.0 Å². The van der Waals surface area contributed by atoms with Crippen molar-refractivity contribution in [3.05, 3.63) is 34.9 Å². The summed E-state index contributed by atoms with van der Waals surface area (Å²) in [5, 5.41) is 9.63. The number of methoxy groups -OCH3 is 1. The Hall–Kier alpha value is -1.35. The number of ether oxygens (including phenoxy) is 1. The molecule has 3 heteroatoms. The third-order valence-corrected chi connectivity index (χ3v) is 3.13. The Balaban J connectivity index is 2.16. The van der Waals surface area contributed by atoms with E-state index in [1.54, 1.807) is 0 Å². The number of hydrogen-bond donors (Lipinski definition) is 1. The first-order valence-corrected chi connectivity index (χ1v) is 5.58. The Morgan fingerprint density at radius 3 is 3.06 bits per heavy atom. The molecule has 1 N–H and O–H groups in total. The average molecular weight is 220 g/mol. The van der Waals surface area contributed by atoms with E-state index in [0.29, 0.717) is 6.42 Å². The fourth-order valence-electron chi connectivity index (χ4n) is 2.32. The summed E-state index contributed by atoms with van der Waals surface area (Å²) >= 11 is 0. The van der Waals surface area contributed by atoms with Crippen molar-refractivity contribution in [2.75, 3.05) is 7.11 Å². The summed E-state index contributed by atoms with van der Waals surface area (Å²) in [6, 6.07) is 6.09. The molecule has 3 nitrogen and oxygen atoms in total. The van der Waals surface area contributed by atoms with E-state index < -0.39 is 12.1 Å². The average Bonchev–Trinajstić information content (AvgIpc) is 2.77. The van der Waals surface area contributed by atoms with Crippen molar-refractivity contribution < 1.29 is 14.6 Å². The van der Waals surface area contributed by atoms with Crippen LogP contribution < -0.4 is 0 Å². The molecule has 1 unspecified atom stereocenters. The van der Waals surface area contributed by atoms with Crippen LogP contribution in [0.5, 0.6) is 0 Å². The number of fused-ring (bicyclic) bond motifs is 1. The first-order chi connectivity index (χ1) is 7.72. The third-order valence-electron chi connectivity index (χ3n) is 3.13. The van der Waals surface area contributed by atoms with Gasteiger partial charge in [-0.1, -0.05) is 18.2 Å². The standard InChI is InChI=1S/C13H16O3/c1-16-13(15)12(14)8-10-6-2-4-9-5-3-7-11(9)10/h2,4,6,12,14H,3,5,7-8H2,1H3. The van der Waals surface area contributed by atoms with Crippen LogP contribution in [0.2, 0.25) is 0 Å². The van der Waals surface area contributed by atoms with Crippen molar-refractivity contribution in [1.29, 1.82) is 0 Å². The summed E-state index contributed by atoms with van der Waals surface area (Å²) in [5.74, 6) is -0.560. The maximum absolute atomic E-state index is 11.1. The van der Waals surface area contributed by atoms with Crippen molar-refractivity contribution in [3.8, 4) is 0 Å². The highest BCUT2D eigenvalue weighted by Crippen LogP contribution is 2.26. The number of benzene rings is 1. The van der Waals surface area contributed by atoms with Gasteiger partial charge in [-0.2, -0.15) is 0 Å². The molecule has 86 valence electrons. The van der Waals surface area contributed by atoms with E-state index in [9.17, 15) is 9.90 Å². The molecule has 1 aromatic carbocycles. The van der Waals surface area contributed by atoms with Gasteiger partial charge in [0, 0.05) is 6.42 Å². The minimum absolute atomic E-state index is 0.357. The maximum Gasteiger partial charge on any atom is 0.335 e. The molecule has 0 saturated carbocycles. The summed E-state index contributed by atoms with van der Waals surface area (Å²) in [6.07, 6.45) is 2.64. The number of carbonyl (C=O) groups excluding carboxylic acids is 1. The molecule has 0 heterocycles. The molecule has 0 aromatic heterocycles. The number of hydrogen-bond acceptors (Lipinski definition) is 3. The second kappa shape index (κ2) is 4.66. The molecule has 0 bridgehead atoms. The molecule has 2 rings (SSSR count). The van der Waals surface area contributed by atoms with Gasteiger partial charge in [0.15, 0.2) is 6.10 Å². The normalized spacial score (nSPS) is 15.6. The van der Waals surface area contributed by atoms with Crippen LogP contribution in [0.25, 0.3) is 0 Å². The van der Waals surface area contributed by atoms with E-state index >= 15 is 0 Å². The topological polar surface area (TPSA) is 46.5 Å². The smallest absolute Gasteiger partial charge is 0.335 e. The zero-order valence-electron chi connectivity index (χ0n) is 9.40. The number of rotatable bonds is 3. The first kappa shape index (κ1) is 11.1. The monoisotopic (exact) mass is 220 g/mol. The second-order valence-electron chi connectivity index (χ2n) is 4.15. The summed E-state index contributed by atoms with van der Waals surface area (Å²) in [7, 11) is 1.29. The molecule has 0 saturated heterocycles. The van der Waals surface area contributed by atoms with Gasteiger partial charge in [0.05, 0.1) is 7.11 Å². The maximum atomic E-state index is 11.1. The van der Waals surface area contributed by atoms with Gasteiger partial charge in [-0.25, -0.2) is 4.79 Å². The highest BCUT2D eigenvalue weighted by molar-refractivity contribution is 5.74. The SMILES string of the molecule is COC(=O)C(O)Cc1cccc2c1CCC2. The van der Waals surface area contributed by atoms with Crippen molar-refractivity contribution >= 4 is 5.97 Å². The number of esters is 1. The third kappa shape index (κ3) is 2.09. The minimum atomic E-state index is -1.04. The fraction of sp³-hybridized carbons (Fsp3) is 0.462. The van der Waals surface area contributed by atoms with Gasteiger partial charge in [0.1, 0.15) is 0 Å². The predicted octanol–water partition coefficient (Wildman–Crippen LogP) is 1.25. The molecular formula is C13H16O3. The van der Waals surface area contributed by atoms with Crippen LogP contribution >= 0.6 is 0 Å². The Kier molecular flexibility index (Phi) is 3.25. The van der Waals surface area contributed by atoms with E-state index in [1.807, 2.05) is 12.1 Å². The van der Waals surface area contributed by atoms with E-state index in [0.717, 1.165) is 18.4 Å². The molecule has 1 aliphatic carbocycles. The van der Waals surface area contributed by atoms with Gasteiger partial charge in [-0.3, -0.25) is 0 Å². The van der Waals surface area contributed by atoms with Crippen molar-refractivity contribution in [1.82, 2.24) is 0 Å². The van der Waals surface area contributed by atoms with Gasteiger partial charge in [-0.15, -0.1) is 0 Å². The van der Waals surface area contributed by atoms with Crippen LogP contribution in [-0.4, -0.2) is 24.3 Å². The summed E-state index contributed by atoms with van der Waals surface area (Å²) in [4.78, 5) is 11.1. The van der Waals surface area contributed by atoms with Crippen LogP contribution in [0.4, 0.5) is 0 Å².